The van der Waals surface area contributed by atoms with Crippen LogP contribution in [0.2, 0.25) is 0 Å². The monoisotopic (exact) mass is 295 g/mol. The van der Waals surface area contributed by atoms with E-state index in [9.17, 15) is 0 Å². The topological polar surface area (TPSA) is 12.0 Å². The first kappa shape index (κ1) is 13.1. The number of unbranched alkanes of at least 4 members (excludes halogenated alkanes) is 1. The number of nitrogens with one attached hydrogen (secondary N) is 1. The van der Waals surface area contributed by atoms with Crippen molar-refractivity contribution < 1.29 is 0 Å². The van der Waals surface area contributed by atoms with Gasteiger partial charge in [-0.15, -0.1) is 0 Å². The fourth-order valence-electron chi connectivity index (χ4n) is 2.72. The Morgan fingerprint density at radius 2 is 2.29 bits per heavy atom. The third kappa shape index (κ3) is 3.11. The molecule has 0 bridgehead atoms. The van der Waals surface area contributed by atoms with E-state index in [1.807, 2.05) is 0 Å². The van der Waals surface area contributed by atoms with Crippen molar-refractivity contribution in [3.63, 3.8) is 0 Å². The van der Waals surface area contributed by atoms with Gasteiger partial charge in [-0.1, -0.05) is 47.8 Å². The molecular weight excluding hydrogens is 274 g/mol. The van der Waals surface area contributed by atoms with Gasteiger partial charge in [0, 0.05) is 16.6 Å². The molecular formula is C15H22BrN. The van der Waals surface area contributed by atoms with Crippen molar-refractivity contribution in [2.24, 2.45) is 0 Å². The van der Waals surface area contributed by atoms with Gasteiger partial charge in [0.2, 0.25) is 0 Å². The van der Waals surface area contributed by atoms with Crippen LogP contribution in [0.25, 0.3) is 0 Å². The Labute approximate surface area is 113 Å². The first-order valence-electron chi connectivity index (χ1n) is 6.75. The molecule has 2 unspecified atom stereocenters. The summed E-state index contributed by atoms with van der Waals surface area (Å²) in [5, 5.41) is 3.78. The summed E-state index contributed by atoms with van der Waals surface area (Å²) >= 11 is 3.66. The van der Waals surface area contributed by atoms with Gasteiger partial charge in [0.15, 0.2) is 0 Å². The molecule has 0 aromatic heterocycles. The van der Waals surface area contributed by atoms with Crippen LogP contribution in [0.5, 0.6) is 0 Å². The highest BCUT2D eigenvalue weighted by atomic mass is 79.9. The zero-order valence-corrected chi connectivity index (χ0v) is 12.4. The predicted octanol–water partition coefficient (Wildman–Crippen LogP) is 4.60. The van der Waals surface area contributed by atoms with Crippen molar-refractivity contribution in [3.8, 4) is 0 Å². The summed E-state index contributed by atoms with van der Waals surface area (Å²) in [6.45, 7) is 4.57. The Bertz CT molecular complexity index is 375. The maximum absolute atomic E-state index is 3.78. The lowest BCUT2D eigenvalue weighted by Gasteiger charge is -2.20. The number of rotatable bonds is 5. The van der Waals surface area contributed by atoms with E-state index in [1.54, 1.807) is 0 Å². The van der Waals surface area contributed by atoms with Crippen molar-refractivity contribution in [2.75, 3.05) is 0 Å². The zero-order chi connectivity index (χ0) is 12.3. The summed E-state index contributed by atoms with van der Waals surface area (Å²) in [5.41, 5.74) is 3.01. The second kappa shape index (κ2) is 6.01. The van der Waals surface area contributed by atoms with E-state index in [-0.39, 0.29) is 0 Å². The molecule has 1 aromatic rings. The summed E-state index contributed by atoms with van der Waals surface area (Å²) in [7, 11) is 0. The highest BCUT2D eigenvalue weighted by Gasteiger charge is 2.24. The van der Waals surface area contributed by atoms with Crippen LogP contribution in [-0.2, 0) is 6.42 Å². The Hall–Kier alpha value is -0.340. The molecule has 0 fully saturated rings. The van der Waals surface area contributed by atoms with Crippen LogP contribution in [-0.4, -0.2) is 6.04 Å². The lowest BCUT2D eigenvalue weighted by Crippen LogP contribution is -2.29. The zero-order valence-electron chi connectivity index (χ0n) is 10.8. The second-order valence-corrected chi connectivity index (χ2v) is 5.96. The number of hydrogen-bond donors (Lipinski definition) is 1. The minimum absolute atomic E-state index is 0.564. The molecule has 2 atom stereocenters. The molecule has 1 aliphatic rings. The molecule has 1 N–H and O–H groups in total. The van der Waals surface area contributed by atoms with Crippen molar-refractivity contribution in [1.82, 2.24) is 5.32 Å². The standard InChI is InChI=1S/C15H22BrN/c1-3-4-6-11(2)17-15-10-9-12-13(15)7-5-8-14(12)16/h5,7-8,11,15,17H,3-4,6,9-10H2,1-2H3. The lowest BCUT2D eigenvalue weighted by molar-refractivity contribution is 0.424. The van der Waals surface area contributed by atoms with E-state index < -0.39 is 0 Å². The van der Waals surface area contributed by atoms with Crippen LogP contribution >= 0.6 is 15.9 Å². The van der Waals surface area contributed by atoms with Crippen LogP contribution in [0, 0.1) is 0 Å². The van der Waals surface area contributed by atoms with Crippen molar-refractivity contribution in [2.45, 2.75) is 58.0 Å². The number of halogens is 1. The average Bonchev–Trinajstić information content (AvgIpc) is 2.71. The smallest absolute Gasteiger partial charge is 0.0328 e. The maximum atomic E-state index is 3.78. The predicted molar refractivity (Wildman–Crippen MR) is 77.3 cm³/mol. The van der Waals surface area contributed by atoms with E-state index >= 15 is 0 Å². The number of hydrogen-bond acceptors (Lipinski definition) is 1. The second-order valence-electron chi connectivity index (χ2n) is 5.11. The number of fused-ring (bicyclic) bond motifs is 1. The number of benzene rings is 1. The Morgan fingerprint density at radius 3 is 3.06 bits per heavy atom. The molecule has 94 valence electrons. The van der Waals surface area contributed by atoms with Gasteiger partial charge in [-0.25, -0.2) is 0 Å². The van der Waals surface area contributed by atoms with E-state index in [1.165, 1.54) is 47.7 Å². The molecule has 0 spiro atoms. The van der Waals surface area contributed by atoms with Gasteiger partial charge in [-0.3, -0.25) is 0 Å². The summed E-state index contributed by atoms with van der Waals surface area (Å²) < 4.78 is 1.28. The molecule has 0 heterocycles. The highest BCUT2D eigenvalue weighted by molar-refractivity contribution is 9.10. The highest BCUT2D eigenvalue weighted by Crippen LogP contribution is 2.35. The molecule has 17 heavy (non-hydrogen) atoms. The summed E-state index contributed by atoms with van der Waals surface area (Å²) in [4.78, 5) is 0. The Balaban J connectivity index is 2.00. The molecule has 2 heteroatoms. The van der Waals surface area contributed by atoms with Crippen LogP contribution in [0.15, 0.2) is 22.7 Å². The molecule has 1 nitrogen and oxygen atoms in total. The Morgan fingerprint density at radius 1 is 1.47 bits per heavy atom. The van der Waals surface area contributed by atoms with Crippen LogP contribution in [0.4, 0.5) is 0 Å². The van der Waals surface area contributed by atoms with Gasteiger partial charge < -0.3 is 5.32 Å². The minimum atomic E-state index is 0.564. The van der Waals surface area contributed by atoms with Crippen molar-refractivity contribution >= 4 is 15.9 Å². The van der Waals surface area contributed by atoms with Crippen LogP contribution < -0.4 is 5.32 Å². The molecule has 0 aliphatic heterocycles. The van der Waals surface area contributed by atoms with E-state index in [4.69, 9.17) is 0 Å². The van der Waals surface area contributed by atoms with Gasteiger partial charge in [0.05, 0.1) is 0 Å². The molecule has 1 aliphatic carbocycles. The molecule has 0 saturated carbocycles. The van der Waals surface area contributed by atoms with E-state index in [0.717, 1.165) is 0 Å². The van der Waals surface area contributed by atoms with Crippen molar-refractivity contribution in [1.29, 1.82) is 0 Å². The minimum Gasteiger partial charge on any atom is -0.307 e. The fourth-order valence-corrected chi connectivity index (χ4v) is 3.30. The largest absolute Gasteiger partial charge is 0.307 e. The van der Waals surface area contributed by atoms with Crippen LogP contribution in [0.3, 0.4) is 0 Å². The quantitative estimate of drug-likeness (QED) is 0.837. The van der Waals surface area contributed by atoms with Gasteiger partial charge in [-0.05, 0) is 43.4 Å². The lowest BCUT2D eigenvalue weighted by atomic mass is 10.1. The van der Waals surface area contributed by atoms with E-state index in [2.05, 4.69) is 53.3 Å². The SMILES string of the molecule is CCCCC(C)NC1CCc2c(Br)cccc21. The van der Waals surface area contributed by atoms with Crippen molar-refractivity contribution in [3.05, 3.63) is 33.8 Å². The molecule has 2 rings (SSSR count). The first-order valence-corrected chi connectivity index (χ1v) is 7.55. The first-order chi connectivity index (χ1) is 8.22. The third-order valence-corrected chi connectivity index (χ3v) is 4.43. The summed E-state index contributed by atoms with van der Waals surface area (Å²) in [6.07, 6.45) is 6.35. The molecule has 0 saturated heterocycles. The van der Waals surface area contributed by atoms with Gasteiger partial charge in [0.25, 0.3) is 0 Å². The molecule has 1 aromatic carbocycles. The molecule has 0 amide bonds. The summed E-state index contributed by atoms with van der Waals surface area (Å²) in [5.74, 6) is 0. The van der Waals surface area contributed by atoms with Crippen LogP contribution in [0.1, 0.15) is 56.7 Å². The van der Waals surface area contributed by atoms with Gasteiger partial charge in [-0.2, -0.15) is 0 Å². The summed E-state index contributed by atoms with van der Waals surface area (Å²) in [6, 6.07) is 7.78. The molecule has 0 radical (unpaired) electrons. The average molecular weight is 296 g/mol. The normalized spacial score (nSPS) is 20.3. The van der Waals surface area contributed by atoms with Gasteiger partial charge in [0.1, 0.15) is 0 Å². The Kier molecular flexibility index (Phi) is 4.63. The van der Waals surface area contributed by atoms with E-state index in [0.29, 0.717) is 12.1 Å². The van der Waals surface area contributed by atoms with Gasteiger partial charge >= 0.3 is 0 Å². The maximum Gasteiger partial charge on any atom is 0.0328 e. The fraction of sp³-hybridized carbons (Fsp3) is 0.600. The third-order valence-electron chi connectivity index (χ3n) is 3.69.